The van der Waals surface area contributed by atoms with Gasteiger partial charge in [0, 0.05) is 44.1 Å². The Hall–Kier alpha value is -4.33. The number of carbonyl (C=O) groups is 1. The SMILES string of the molecule is C=C(C)[C@@H]1C[C@@H](c2ccc(S(=O)(=O)N(C)Cc3ccccc3)cc2)[C@@H](CC(C)C)O[C@H]1c1cc(S(=O)(=O)N2CCC(Cc3ccccc3)CC2)ccc1OCC(=O)O. The second-order valence-corrected chi connectivity index (χ2v) is 20.2. The molecule has 310 valence electrons. The van der Waals surface area contributed by atoms with Crippen LogP contribution in [0.1, 0.15) is 80.7 Å². The van der Waals surface area contributed by atoms with Crippen molar-refractivity contribution < 1.29 is 36.2 Å². The van der Waals surface area contributed by atoms with Crippen LogP contribution < -0.4 is 4.74 Å². The Morgan fingerprint density at radius 2 is 1.50 bits per heavy atom. The van der Waals surface area contributed by atoms with E-state index >= 15 is 0 Å². The quantitative estimate of drug-likeness (QED) is 0.111. The van der Waals surface area contributed by atoms with Crippen LogP contribution in [0.15, 0.2) is 125 Å². The maximum atomic E-state index is 14.2. The number of ether oxygens (including phenoxy) is 2. The lowest BCUT2D eigenvalue weighted by Gasteiger charge is -2.44. The summed E-state index contributed by atoms with van der Waals surface area (Å²) >= 11 is 0. The summed E-state index contributed by atoms with van der Waals surface area (Å²) in [6.45, 7) is 10.9. The number of carboxylic acid groups (broad SMARTS) is 1. The van der Waals surface area contributed by atoms with Gasteiger partial charge in [-0.2, -0.15) is 8.61 Å². The zero-order chi connectivity index (χ0) is 41.6. The fourth-order valence-electron chi connectivity index (χ4n) is 8.33. The summed E-state index contributed by atoms with van der Waals surface area (Å²) in [5.41, 5.74) is 4.34. The Labute approximate surface area is 344 Å². The van der Waals surface area contributed by atoms with Gasteiger partial charge in [-0.05, 0) is 97.9 Å². The monoisotopic (exact) mass is 828 g/mol. The van der Waals surface area contributed by atoms with Crippen molar-refractivity contribution in [1.82, 2.24) is 8.61 Å². The minimum atomic E-state index is -3.90. The molecule has 1 N–H and O–H groups in total. The summed E-state index contributed by atoms with van der Waals surface area (Å²) in [6.07, 6.45) is 2.65. The number of rotatable bonds is 16. The molecule has 0 aromatic heterocycles. The molecule has 2 fully saturated rings. The second-order valence-electron chi connectivity index (χ2n) is 16.3. The van der Waals surface area contributed by atoms with Crippen LogP contribution in [0, 0.1) is 17.8 Å². The van der Waals surface area contributed by atoms with E-state index in [1.54, 1.807) is 35.6 Å². The Bertz CT molecular complexity index is 2240. The van der Waals surface area contributed by atoms with Crippen LogP contribution in [0.2, 0.25) is 0 Å². The summed E-state index contributed by atoms with van der Waals surface area (Å²) in [7, 11) is -6.09. The van der Waals surface area contributed by atoms with Gasteiger partial charge in [0.15, 0.2) is 6.61 Å². The van der Waals surface area contributed by atoms with E-state index in [1.165, 1.54) is 15.9 Å². The third kappa shape index (κ3) is 10.3. The Balaban J connectivity index is 1.27. The number of benzene rings is 4. The van der Waals surface area contributed by atoms with Gasteiger partial charge >= 0.3 is 5.97 Å². The molecule has 58 heavy (non-hydrogen) atoms. The Kier molecular flexibility index (Phi) is 14.0. The number of hydrogen-bond acceptors (Lipinski definition) is 7. The predicted octanol–water partition coefficient (Wildman–Crippen LogP) is 8.47. The smallest absolute Gasteiger partial charge is 0.341 e. The maximum absolute atomic E-state index is 14.2. The standard InChI is InChI=1S/C46H56N2O8S2/c1-32(2)26-44-41(37-16-18-38(19-17-37)57(51,52)47(5)30-36-14-10-7-11-15-36)29-40(33(3)4)46(56-44)42-28-39(20-21-43(42)55-31-45(49)50)58(53,54)48-24-22-35(23-25-48)27-34-12-8-6-9-13-34/h6-21,28,32,35,40-41,44,46H,3,22-27,29-31H2,1-2,4-5H3,(H,49,50)/t40-,41-,44+,46+/m0/s1. The van der Waals surface area contributed by atoms with Crippen molar-refractivity contribution >= 4 is 26.0 Å². The van der Waals surface area contributed by atoms with Crippen LogP contribution in [-0.4, -0.2) is 69.4 Å². The van der Waals surface area contributed by atoms with Crippen LogP contribution in [0.5, 0.6) is 5.75 Å². The highest BCUT2D eigenvalue weighted by Crippen LogP contribution is 2.50. The summed E-state index contributed by atoms with van der Waals surface area (Å²) in [5, 5.41) is 9.54. The summed E-state index contributed by atoms with van der Waals surface area (Å²) in [5.74, 6) is -0.721. The van der Waals surface area contributed by atoms with Crippen molar-refractivity contribution in [3.63, 3.8) is 0 Å². The average molecular weight is 829 g/mol. The zero-order valence-corrected chi connectivity index (χ0v) is 35.5. The number of carboxylic acids is 1. The van der Waals surface area contributed by atoms with Crippen LogP contribution in [0.3, 0.4) is 0 Å². The van der Waals surface area contributed by atoms with E-state index in [4.69, 9.17) is 9.47 Å². The van der Waals surface area contributed by atoms with E-state index in [-0.39, 0.29) is 45.9 Å². The first-order chi connectivity index (χ1) is 27.6. The van der Waals surface area contributed by atoms with Gasteiger partial charge in [0.05, 0.1) is 22.0 Å². The van der Waals surface area contributed by atoms with Gasteiger partial charge in [-0.15, -0.1) is 0 Å². The van der Waals surface area contributed by atoms with E-state index < -0.39 is 38.7 Å². The molecule has 2 saturated heterocycles. The van der Waals surface area contributed by atoms with Crippen LogP contribution >= 0.6 is 0 Å². The number of sulfonamides is 2. The third-order valence-corrected chi connectivity index (χ3v) is 15.2. The topological polar surface area (TPSA) is 131 Å². The second kappa shape index (κ2) is 18.7. The van der Waals surface area contributed by atoms with Crippen molar-refractivity contribution in [2.45, 2.75) is 87.3 Å². The average Bonchev–Trinajstić information content (AvgIpc) is 3.20. The van der Waals surface area contributed by atoms with Crippen molar-refractivity contribution in [2.24, 2.45) is 17.8 Å². The largest absolute Gasteiger partial charge is 0.482 e. The lowest BCUT2D eigenvalue weighted by atomic mass is 9.74. The molecule has 12 heteroatoms. The first kappa shape index (κ1) is 43.3. The van der Waals surface area contributed by atoms with E-state index in [9.17, 15) is 26.7 Å². The van der Waals surface area contributed by atoms with Crippen molar-refractivity contribution in [3.05, 3.63) is 138 Å². The molecule has 2 aliphatic rings. The van der Waals surface area contributed by atoms with E-state index in [0.717, 1.165) is 36.0 Å². The fraction of sp³-hybridized carbons (Fsp3) is 0.413. The molecule has 0 aliphatic carbocycles. The van der Waals surface area contributed by atoms with Gasteiger partial charge in [-0.3, -0.25) is 0 Å². The highest BCUT2D eigenvalue weighted by Gasteiger charge is 2.42. The number of piperidine rings is 1. The molecule has 4 aromatic rings. The van der Waals surface area contributed by atoms with Crippen LogP contribution in [0.4, 0.5) is 0 Å². The molecule has 10 nitrogen and oxygen atoms in total. The van der Waals surface area contributed by atoms with Crippen molar-refractivity contribution in [2.75, 3.05) is 26.7 Å². The molecule has 0 unspecified atom stereocenters. The Morgan fingerprint density at radius 3 is 2.09 bits per heavy atom. The lowest BCUT2D eigenvalue weighted by Crippen LogP contribution is -2.39. The molecule has 0 radical (unpaired) electrons. The van der Waals surface area contributed by atoms with E-state index in [1.807, 2.05) is 67.6 Å². The highest BCUT2D eigenvalue weighted by atomic mass is 32.2. The molecule has 0 bridgehead atoms. The predicted molar refractivity (Wildman–Crippen MR) is 225 cm³/mol. The molecule has 2 aliphatic heterocycles. The number of hydrogen-bond donors (Lipinski definition) is 1. The first-order valence-electron chi connectivity index (χ1n) is 20.1. The molecule has 4 aromatic carbocycles. The van der Waals surface area contributed by atoms with Crippen molar-refractivity contribution in [1.29, 1.82) is 0 Å². The minimum absolute atomic E-state index is 0.104. The molecule has 6 rings (SSSR count). The van der Waals surface area contributed by atoms with Gasteiger partial charge in [0.2, 0.25) is 20.0 Å². The molecule has 2 heterocycles. The summed E-state index contributed by atoms with van der Waals surface area (Å²) < 4.78 is 71.4. The molecule has 0 spiro atoms. The van der Waals surface area contributed by atoms with Gasteiger partial charge in [0.1, 0.15) is 5.75 Å². The Morgan fingerprint density at radius 1 is 0.897 bits per heavy atom. The number of aliphatic carboxylic acids is 1. The highest BCUT2D eigenvalue weighted by molar-refractivity contribution is 7.89. The van der Waals surface area contributed by atoms with Crippen LogP contribution in [0.25, 0.3) is 0 Å². The van der Waals surface area contributed by atoms with E-state index in [0.29, 0.717) is 37.4 Å². The lowest BCUT2D eigenvalue weighted by molar-refractivity contribution is -0.139. The van der Waals surface area contributed by atoms with Crippen molar-refractivity contribution in [3.8, 4) is 5.75 Å². The first-order valence-corrected chi connectivity index (χ1v) is 22.9. The summed E-state index contributed by atoms with van der Waals surface area (Å²) in [6, 6.07) is 31.4. The van der Waals surface area contributed by atoms with Gasteiger partial charge in [0.25, 0.3) is 0 Å². The zero-order valence-electron chi connectivity index (χ0n) is 33.9. The molecule has 4 atom stereocenters. The molecular weight excluding hydrogens is 773 g/mol. The minimum Gasteiger partial charge on any atom is -0.482 e. The van der Waals surface area contributed by atoms with Gasteiger partial charge < -0.3 is 14.6 Å². The molecule has 0 saturated carbocycles. The third-order valence-electron chi connectivity index (χ3n) is 11.5. The normalized spacial score (nSPS) is 20.9. The van der Waals surface area contributed by atoms with Gasteiger partial charge in [-0.1, -0.05) is 98.8 Å². The fourth-order valence-corrected chi connectivity index (χ4v) is 11.0. The van der Waals surface area contributed by atoms with Crippen LogP contribution in [-0.2, 0) is 42.5 Å². The molecule has 0 amide bonds. The summed E-state index contributed by atoms with van der Waals surface area (Å²) in [4.78, 5) is 12.0. The van der Waals surface area contributed by atoms with E-state index in [2.05, 4.69) is 32.6 Å². The maximum Gasteiger partial charge on any atom is 0.341 e. The molecular formula is C46H56N2O8S2. The van der Waals surface area contributed by atoms with Gasteiger partial charge in [-0.25, -0.2) is 21.6 Å². The number of nitrogens with zero attached hydrogens (tertiary/aromatic N) is 2.